The van der Waals surface area contributed by atoms with Crippen molar-refractivity contribution in [2.45, 2.75) is 39.2 Å². The van der Waals surface area contributed by atoms with Crippen LogP contribution in [0.15, 0.2) is 0 Å². The fraction of sp³-hybridized carbons (Fsp3) is 0.643. The van der Waals surface area contributed by atoms with Crippen molar-refractivity contribution in [3.05, 3.63) is 11.4 Å². The largest absolute Gasteiger partial charge is 0.383 e. The van der Waals surface area contributed by atoms with Gasteiger partial charge in [-0.1, -0.05) is 20.8 Å². The van der Waals surface area contributed by atoms with Crippen LogP contribution >= 0.6 is 0 Å². The van der Waals surface area contributed by atoms with E-state index in [1.807, 2.05) is 6.92 Å². The number of hydrogen-bond acceptors (Lipinski definition) is 6. The molecule has 6 nitrogen and oxygen atoms in total. The minimum atomic E-state index is -0.419. The summed E-state index contributed by atoms with van der Waals surface area (Å²) in [6.07, 6.45) is -0.419. The van der Waals surface area contributed by atoms with Crippen LogP contribution in [-0.2, 0) is 10.2 Å². The highest BCUT2D eigenvalue weighted by molar-refractivity contribution is 5.57. The van der Waals surface area contributed by atoms with Gasteiger partial charge in [0.2, 0.25) is 0 Å². The van der Waals surface area contributed by atoms with Gasteiger partial charge in [0, 0.05) is 17.5 Å². The molecule has 2 rings (SSSR count). The number of ether oxygens (including phenoxy) is 1. The molecule has 1 aromatic heterocycles. The quantitative estimate of drug-likeness (QED) is 0.833. The maximum Gasteiger partial charge on any atom is 0.161 e. The Bertz CT molecular complexity index is 544. The SMILES string of the molecule is Cc1c(N)nc(C(C)(C)C)nc1N1CCOC(C#N)C1. The second-order valence-electron chi connectivity index (χ2n) is 6.07. The summed E-state index contributed by atoms with van der Waals surface area (Å²) in [6.45, 7) is 9.81. The van der Waals surface area contributed by atoms with Crippen molar-refractivity contribution < 1.29 is 4.74 Å². The summed E-state index contributed by atoms with van der Waals surface area (Å²) in [5.74, 6) is 2.03. The molecule has 1 atom stereocenters. The van der Waals surface area contributed by atoms with E-state index in [-0.39, 0.29) is 5.41 Å². The molecule has 1 fully saturated rings. The molecule has 2 heterocycles. The molecule has 1 aliphatic heterocycles. The molecule has 0 aliphatic carbocycles. The van der Waals surface area contributed by atoms with Gasteiger partial charge in [0.15, 0.2) is 6.10 Å². The highest BCUT2D eigenvalue weighted by Gasteiger charge is 2.26. The van der Waals surface area contributed by atoms with Crippen LogP contribution in [0.3, 0.4) is 0 Å². The summed E-state index contributed by atoms with van der Waals surface area (Å²) in [5.41, 5.74) is 6.71. The van der Waals surface area contributed by atoms with Crippen LogP contribution in [0.25, 0.3) is 0 Å². The van der Waals surface area contributed by atoms with Crippen LogP contribution in [0.5, 0.6) is 0 Å². The lowest BCUT2D eigenvalue weighted by Crippen LogP contribution is -2.43. The second-order valence-corrected chi connectivity index (χ2v) is 6.07. The van der Waals surface area contributed by atoms with Gasteiger partial charge in [-0.3, -0.25) is 0 Å². The molecule has 108 valence electrons. The lowest BCUT2D eigenvalue weighted by molar-refractivity contribution is 0.0760. The van der Waals surface area contributed by atoms with E-state index in [1.54, 1.807) is 0 Å². The van der Waals surface area contributed by atoms with Crippen molar-refractivity contribution in [2.75, 3.05) is 30.3 Å². The highest BCUT2D eigenvalue weighted by atomic mass is 16.5. The Morgan fingerprint density at radius 3 is 2.70 bits per heavy atom. The minimum absolute atomic E-state index is 0.169. The zero-order valence-electron chi connectivity index (χ0n) is 12.5. The molecule has 1 saturated heterocycles. The Hall–Kier alpha value is -1.87. The van der Waals surface area contributed by atoms with Gasteiger partial charge < -0.3 is 15.4 Å². The van der Waals surface area contributed by atoms with Gasteiger partial charge in [0.25, 0.3) is 0 Å². The standard InChI is InChI=1S/C14H21N5O/c1-9-11(16)17-13(14(2,3)4)18-12(9)19-5-6-20-10(7-15)8-19/h10H,5-6,8H2,1-4H3,(H2,16,17,18). The lowest BCUT2D eigenvalue weighted by atomic mass is 9.95. The first-order valence-electron chi connectivity index (χ1n) is 6.73. The highest BCUT2D eigenvalue weighted by Crippen LogP contribution is 2.27. The molecular formula is C14H21N5O. The summed E-state index contributed by atoms with van der Waals surface area (Å²) < 4.78 is 5.37. The lowest BCUT2D eigenvalue weighted by Gasteiger charge is -2.32. The van der Waals surface area contributed by atoms with Gasteiger partial charge in [-0.05, 0) is 6.92 Å². The van der Waals surface area contributed by atoms with E-state index >= 15 is 0 Å². The molecule has 1 unspecified atom stereocenters. The number of rotatable bonds is 1. The third-order valence-electron chi connectivity index (χ3n) is 3.34. The monoisotopic (exact) mass is 275 g/mol. The Morgan fingerprint density at radius 1 is 1.40 bits per heavy atom. The molecule has 6 heteroatoms. The second kappa shape index (κ2) is 5.25. The summed E-state index contributed by atoms with van der Waals surface area (Å²) in [5, 5.41) is 9.00. The van der Waals surface area contributed by atoms with E-state index in [0.717, 1.165) is 17.2 Å². The molecule has 2 N–H and O–H groups in total. The van der Waals surface area contributed by atoms with Crippen LogP contribution in [0.2, 0.25) is 0 Å². The molecule has 0 bridgehead atoms. The van der Waals surface area contributed by atoms with Crippen LogP contribution in [-0.4, -0.2) is 35.8 Å². The van der Waals surface area contributed by atoms with E-state index in [9.17, 15) is 0 Å². The van der Waals surface area contributed by atoms with Crippen LogP contribution in [0.4, 0.5) is 11.6 Å². The smallest absolute Gasteiger partial charge is 0.161 e. The summed E-state index contributed by atoms with van der Waals surface area (Å²) >= 11 is 0. The van der Waals surface area contributed by atoms with Gasteiger partial charge in [0.1, 0.15) is 17.5 Å². The fourth-order valence-corrected chi connectivity index (χ4v) is 2.08. The number of morpholine rings is 1. The van der Waals surface area contributed by atoms with E-state index in [2.05, 4.69) is 41.7 Å². The average Bonchev–Trinajstić information content (AvgIpc) is 2.40. The first kappa shape index (κ1) is 14.5. The molecule has 0 spiro atoms. The Labute approximate surface area is 119 Å². The molecule has 20 heavy (non-hydrogen) atoms. The summed E-state index contributed by atoms with van der Waals surface area (Å²) in [7, 11) is 0. The number of nitrogen functional groups attached to an aromatic ring is 1. The number of nitrogens with two attached hydrogens (primary N) is 1. The number of nitrogens with zero attached hydrogens (tertiary/aromatic N) is 4. The maximum absolute atomic E-state index is 9.00. The minimum Gasteiger partial charge on any atom is -0.383 e. The third kappa shape index (κ3) is 2.83. The zero-order chi connectivity index (χ0) is 14.9. The predicted molar refractivity (Wildman–Crippen MR) is 77.4 cm³/mol. The predicted octanol–water partition coefficient (Wildman–Crippen LogP) is 1.39. The van der Waals surface area contributed by atoms with E-state index < -0.39 is 6.10 Å². The normalized spacial score (nSPS) is 19.8. The summed E-state index contributed by atoms with van der Waals surface area (Å²) in [6, 6.07) is 2.14. The van der Waals surface area contributed by atoms with Crippen molar-refractivity contribution in [3.63, 3.8) is 0 Å². The maximum atomic E-state index is 9.00. The van der Waals surface area contributed by atoms with Crippen molar-refractivity contribution in [2.24, 2.45) is 0 Å². The van der Waals surface area contributed by atoms with Gasteiger partial charge in [-0.25, -0.2) is 9.97 Å². The number of nitriles is 1. The molecule has 0 saturated carbocycles. The molecule has 0 radical (unpaired) electrons. The van der Waals surface area contributed by atoms with Crippen LogP contribution in [0, 0.1) is 18.3 Å². The van der Waals surface area contributed by atoms with Crippen molar-refractivity contribution in [1.29, 1.82) is 5.26 Å². The third-order valence-corrected chi connectivity index (χ3v) is 3.34. The average molecular weight is 275 g/mol. The van der Waals surface area contributed by atoms with Gasteiger partial charge in [-0.2, -0.15) is 5.26 Å². The number of hydrogen-bond donors (Lipinski definition) is 1. The first-order chi connectivity index (χ1) is 9.32. The Morgan fingerprint density at radius 2 is 2.10 bits per heavy atom. The topological polar surface area (TPSA) is 88.1 Å². The molecule has 1 aromatic rings. The molecule has 0 amide bonds. The van der Waals surface area contributed by atoms with Crippen LogP contribution in [0.1, 0.15) is 32.2 Å². The molecule has 1 aliphatic rings. The fourth-order valence-electron chi connectivity index (χ4n) is 2.08. The van der Waals surface area contributed by atoms with E-state index in [4.69, 9.17) is 15.7 Å². The van der Waals surface area contributed by atoms with Crippen molar-refractivity contribution in [1.82, 2.24) is 9.97 Å². The van der Waals surface area contributed by atoms with Gasteiger partial charge in [0.05, 0.1) is 19.2 Å². The van der Waals surface area contributed by atoms with Crippen LogP contribution < -0.4 is 10.6 Å². The van der Waals surface area contributed by atoms with Crippen molar-refractivity contribution in [3.8, 4) is 6.07 Å². The van der Waals surface area contributed by atoms with E-state index in [0.29, 0.717) is 25.5 Å². The number of anilines is 2. The molecule has 0 aromatic carbocycles. The van der Waals surface area contributed by atoms with Gasteiger partial charge >= 0.3 is 0 Å². The Kier molecular flexibility index (Phi) is 3.82. The molecular weight excluding hydrogens is 254 g/mol. The summed E-state index contributed by atoms with van der Waals surface area (Å²) in [4.78, 5) is 11.1. The number of aromatic nitrogens is 2. The van der Waals surface area contributed by atoms with E-state index in [1.165, 1.54) is 0 Å². The van der Waals surface area contributed by atoms with Crippen molar-refractivity contribution >= 4 is 11.6 Å². The van der Waals surface area contributed by atoms with Gasteiger partial charge in [-0.15, -0.1) is 0 Å². The first-order valence-corrected chi connectivity index (χ1v) is 6.73. The Balaban J connectivity index is 2.40. The zero-order valence-corrected chi connectivity index (χ0v) is 12.5.